The average Bonchev–Trinajstić information content (AvgIpc) is 2.56. The standard InChI is InChI=1S/C10H15N3/c1-7-12-6-9(10(11)13-7)8-4-2-3-5-8/h6,8H,2-5H2,1H3,(H2,11,12,13). The summed E-state index contributed by atoms with van der Waals surface area (Å²) in [5.74, 6) is 2.05. The Bertz CT molecular complexity index is 303. The summed E-state index contributed by atoms with van der Waals surface area (Å²) in [5, 5.41) is 0. The molecule has 1 aliphatic carbocycles. The van der Waals surface area contributed by atoms with E-state index in [-0.39, 0.29) is 0 Å². The first-order chi connectivity index (χ1) is 6.27. The summed E-state index contributed by atoms with van der Waals surface area (Å²) >= 11 is 0. The van der Waals surface area contributed by atoms with Crippen molar-refractivity contribution in [3.63, 3.8) is 0 Å². The van der Waals surface area contributed by atoms with Crippen LogP contribution in [0.4, 0.5) is 5.82 Å². The molecule has 0 aromatic carbocycles. The second-order valence-electron chi connectivity index (χ2n) is 3.74. The molecule has 0 spiro atoms. The molecule has 1 aromatic rings. The summed E-state index contributed by atoms with van der Waals surface area (Å²) < 4.78 is 0. The van der Waals surface area contributed by atoms with Gasteiger partial charge in [0.25, 0.3) is 0 Å². The fraction of sp³-hybridized carbons (Fsp3) is 0.600. The van der Waals surface area contributed by atoms with Gasteiger partial charge in [-0.2, -0.15) is 0 Å². The van der Waals surface area contributed by atoms with E-state index in [1.54, 1.807) is 0 Å². The van der Waals surface area contributed by atoms with Crippen LogP contribution in [-0.2, 0) is 0 Å². The van der Waals surface area contributed by atoms with Crippen LogP contribution in [0.25, 0.3) is 0 Å². The smallest absolute Gasteiger partial charge is 0.130 e. The number of nitrogens with two attached hydrogens (primary N) is 1. The van der Waals surface area contributed by atoms with Gasteiger partial charge in [-0.25, -0.2) is 9.97 Å². The van der Waals surface area contributed by atoms with Crippen LogP contribution in [0.3, 0.4) is 0 Å². The topological polar surface area (TPSA) is 51.8 Å². The molecule has 13 heavy (non-hydrogen) atoms. The molecule has 0 aliphatic heterocycles. The van der Waals surface area contributed by atoms with Crippen molar-refractivity contribution in [1.82, 2.24) is 9.97 Å². The monoisotopic (exact) mass is 177 g/mol. The molecule has 0 atom stereocenters. The fourth-order valence-electron chi connectivity index (χ4n) is 2.05. The number of hydrogen-bond donors (Lipinski definition) is 1. The maximum atomic E-state index is 5.85. The molecule has 0 radical (unpaired) electrons. The molecule has 2 N–H and O–H groups in total. The van der Waals surface area contributed by atoms with E-state index >= 15 is 0 Å². The third kappa shape index (κ3) is 1.64. The Morgan fingerprint density at radius 1 is 1.38 bits per heavy atom. The quantitative estimate of drug-likeness (QED) is 0.714. The van der Waals surface area contributed by atoms with Gasteiger partial charge in [0.1, 0.15) is 11.6 Å². The summed E-state index contributed by atoms with van der Waals surface area (Å²) in [6.45, 7) is 1.87. The molecule has 1 saturated carbocycles. The Balaban J connectivity index is 2.29. The number of nitrogens with zero attached hydrogens (tertiary/aromatic N) is 2. The normalized spacial score (nSPS) is 17.9. The van der Waals surface area contributed by atoms with Gasteiger partial charge < -0.3 is 5.73 Å². The minimum atomic E-state index is 0.612. The van der Waals surface area contributed by atoms with Crippen LogP contribution in [0.1, 0.15) is 43.0 Å². The molecular formula is C10H15N3. The first kappa shape index (κ1) is 8.48. The summed E-state index contributed by atoms with van der Waals surface area (Å²) in [6, 6.07) is 0. The molecule has 1 heterocycles. The molecule has 1 aromatic heterocycles. The van der Waals surface area contributed by atoms with Gasteiger partial charge in [-0.3, -0.25) is 0 Å². The van der Waals surface area contributed by atoms with Crippen molar-refractivity contribution >= 4 is 5.82 Å². The van der Waals surface area contributed by atoms with Crippen LogP contribution in [0.15, 0.2) is 6.20 Å². The van der Waals surface area contributed by atoms with Crippen molar-refractivity contribution in [2.45, 2.75) is 38.5 Å². The minimum absolute atomic E-state index is 0.612. The van der Waals surface area contributed by atoms with Gasteiger partial charge in [0.15, 0.2) is 0 Å². The largest absolute Gasteiger partial charge is 0.383 e. The van der Waals surface area contributed by atoms with E-state index in [1.165, 1.54) is 25.7 Å². The van der Waals surface area contributed by atoms with Gasteiger partial charge in [0.2, 0.25) is 0 Å². The predicted octanol–water partition coefficient (Wildman–Crippen LogP) is 2.02. The first-order valence-electron chi connectivity index (χ1n) is 4.86. The molecular weight excluding hydrogens is 162 g/mol. The predicted molar refractivity (Wildman–Crippen MR) is 52.4 cm³/mol. The van der Waals surface area contributed by atoms with Gasteiger partial charge in [0, 0.05) is 11.8 Å². The Morgan fingerprint density at radius 2 is 2.08 bits per heavy atom. The number of nitrogen functional groups attached to an aromatic ring is 1. The van der Waals surface area contributed by atoms with E-state index in [2.05, 4.69) is 9.97 Å². The molecule has 0 unspecified atom stereocenters. The van der Waals surface area contributed by atoms with E-state index in [0.717, 1.165) is 11.4 Å². The van der Waals surface area contributed by atoms with Gasteiger partial charge in [-0.05, 0) is 25.7 Å². The van der Waals surface area contributed by atoms with E-state index < -0.39 is 0 Å². The number of rotatable bonds is 1. The first-order valence-corrected chi connectivity index (χ1v) is 4.86. The Kier molecular flexibility index (Phi) is 2.17. The Labute approximate surface area is 78.4 Å². The molecule has 0 saturated heterocycles. The number of anilines is 1. The summed E-state index contributed by atoms with van der Waals surface area (Å²) in [4.78, 5) is 8.38. The minimum Gasteiger partial charge on any atom is -0.383 e. The zero-order chi connectivity index (χ0) is 9.26. The molecule has 70 valence electrons. The zero-order valence-corrected chi connectivity index (χ0v) is 7.95. The third-order valence-corrected chi connectivity index (χ3v) is 2.76. The SMILES string of the molecule is Cc1ncc(C2CCCC2)c(N)n1. The van der Waals surface area contributed by atoms with Crippen molar-refractivity contribution in [3.8, 4) is 0 Å². The van der Waals surface area contributed by atoms with Gasteiger partial charge in [0.05, 0.1) is 0 Å². The van der Waals surface area contributed by atoms with Crippen LogP contribution in [0.2, 0.25) is 0 Å². The van der Waals surface area contributed by atoms with E-state index in [1.807, 2.05) is 13.1 Å². The highest BCUT2D eigenvalue weighted by Gasteiger charge is 2.19. The highest BCUT2D eigenvalue weighted by atomic mass is 14.9. The summed E-state index contributed by atoms with van der Waals surface area (Å²) in [5.41, 5.74) is 7.01. The van der Waals surface area contributed by atoms with Crippen molar-refractivity contribution in [2.24, 2.45) is 0 Å². The lowest BCUT2D eigenvalue weighted by Crippen LogP contribution is -2.04. The second-order valence-corrected chi connectivity index (χ2v) is 3.74. The lowest BCUT2D eigenvalue weighted by Gasteiger charge is -2.10. The maximum absolute atomic E-state index is 5.85. The Morgan fingerprint density at radius 3 is 2.69 bits per heavy atom. The molecule has 1 aliphatic rings. The van der Waals surface area contributed by atoms with Crippen LogP contribution in [-0.4, -0.2) is 9.97 Å². The van der Waals surface area contributed by atoms with Gasteiger partial charge in [-0.15, -0.1) is 0 Å². The lowest BCUT2D eigenvalue weighted by molar-refractivity contribution is 0.715. The second kappa shape index (κ2) is 3.32. The number of aryl methyl sites for hydroxylation is 1. The highest BCUT2D eigenvalue weighted by Crippen LogP contribution is 2.35. The number of hydrogen-bond acceptors (Lipinski definition) is 3. The van der Waals surface area contributed by atoms with Crippen molar-refractivity contribution in [3.05, 3.63) is 17.6 Å². The van der Waals surface area contributed by atoms with E-state index in [9.17, 15) is 0 Å². The molecule has 3 heteroatoms. The Hall–Kier alpha value is -1.12. The summed E-state index contributed by atoms with van der Waals surface area (Å²) in [7, 11) is 0. The molecule has 1 fully saturated rings. The third-order valence-electron chi connectivity index (χ3n) is 2.76. The van der Waals surface area contributed by atoms with Crippen molar-refractivity contribution < 1.29 is 0 Å². The summed E-state index contributed by atoms with van der Waals surface area (Å²) in [6.07, 6.45) is 7.02. The van der Waals surface area contributed by atoms with Crippen molar-refractivity contribution in [2.75, 3.05) is 5.73 Å². The van der Waals surface area contributed by atoms with Gasteiger partial charge >= 0.3 is 0 Å². The molecule has 0 amide bonds. The van der Waals surface area contributed by atoms with Crippen LogP contribution in [0, 0.1) is 6.92 Å². The van der Waals surface area contributed by atoms with Gasteiger partial charge in [-0.1, -0.05) is 12.8 Å². The maximum Gasteiger partial charge on any atom is 0.130 e. The van der Waals surface area contributed by atoms with Crippen molar-refractivity contribution in [1.29, 1.82) is 0 Å². The molecule has 3 nitrogen and oxygen atoms in total. The van der Waals surface area contributed by atoms with E-state index in [4.69, 9.17) is 5.73 Å². The van der Waals surface area contributed by atoms with E-state index in [0.29, 0.717) is 11.7 Å². The van der Waals surface area contributed by atoms with Crippen LogP contribution < -0.4 is 5.73 Å². The average molecular weight is 177 g/mol. The van der Waals surface area contributed by atoms with Crippen LogP contribution >= 0.6 is 0 Å². The zero-order valence-electron chi connectivity index (χ0n) is 7.95. The molecule has 2 rings (SSSR count). The molecule has 0 bridgehead atoms. The van der Waals surface area contributed by atoms with Crippen LogP contribution in [0.5, 0.6) is 0 Å². The highest BCUT2D eigenvalue weighted by molar-refractivity contribution is 5.40. The number of aromatic nitrogens is 2. The fourth-order valence-corrected chi connectivity index (χ4v) is 2.05. The lowest BCUT2D eigenvalue weighted by atomic mass is 10.00.